The van der Waals surface area contributed by atoms with Crippen molar-refractivity contribution in [1.82, 2.24) is 0 Å². The highest BCUT2D eigenvalue weighted by Gasteiger charge is 2.08. The Bertz CT molecular complexity index is 163. The third kappa shape index (κ3) is 4.13. The van der Waals surface area contributed by atoms with Crippen molar-refractivity contribution < 1.29 is 14.3 Å². The Balaban J connectivity index is 3.64. The molecule has 3 nitrogen and oxygen atoms in total. The van der Waals surface area contributed by atoms with E-state index in [1.54, 1.807) is 7.11 Å². The average Bonchev–Trinajstić information content (AvgIpc) is 2.11. The van der Waals surface area contributed by atoms with Crippen LogP contribution in [0.2, 0.25) is 0 Å². The first kappa shape index (κ1) is 11.2. The van der Waals surface area contributed by atoms with Crippen molar-refractivity contribution in [2.45, 2.75) is 25.9 Å². The molecule has 1 unspecified atom stereocenters. The van der Waals surface area contributed by atoms with Crippen molar-refractivity contribution in [3.05, 3.63) is 12.2 Å². The molecule has 1 atom stereocenters. The number of carbonyl (C=O) groups is 1. The summed E-state index contributed by atoms with van der Waals surface area (Å²) in [6, 6.07) is 0. The first-order valence-electron chi connectivity index (χ1n) is 3.90. The van der Waals surface area contributed by atoms with Gasteiger partial charge in [0.1, 0.15) is 0 Å². The molecule has 0 aliphatic rings. The lowest BCUT2D eigenvalue weighted by atomic mass is 10.1. The molecule has 0 heterocycles. The number of ether oxygens (including phenoxy) is 2. The van der Waals surface area contributed by atoms with E-state index in [9.17, 15) is 4.79 Å². The molecular formula is C9H16O3. The highest BCUT2D eigenvalue weighted by Crippen LogP contribution is 2.08. The maximum Gasteiger partial charge on any atom is 0.333 e. The van der Waals surface area contributed by atoms with Gasteiger partial charge in [-0.2, -0.15) is 0 Å². The molecular weight excluding hydrogens is 156 g/mol. The van der Waals surface area contributed by atoms with Gasteiger partial charge in [0.15, 0.2) is 0 Å². The number of esters is 1. The number of carbonyl (C=O) groups excluding carboxylic acids is 1. The summed E-state index contributed by atoms with van der Waals surface area (Å²) in [6.45, 7) is 5.55. The van der Waals surface area contributed by atoms with Gasteiger partial charge in [-0.25, -0.2) is 4.79 Å². The van der Waals surface area contributed by atoms with Crippen molar-refractivity contribution >= 4 is 5.97 Å². The highest BCUT2D eigenvalue weighted by atomic mass is 16.5. The molecule has 0 aromatic carbocycles. The molecule has 0 bridgehead atoms. The molecule has 0 aromatic heterocycles. The average molecular weight is 172 g/mol. The summed E-state index contributed by atoms with van der Waals surface area (Å²) in [5.41, 5.74) is 0.501. The van der Waals surface area contributed by atoms with Crippen LogP contribution in [0, 0.1) is 0 Å². The van der Waals surface area contributed by atoms with E-state index in [2.05, 4.69) is 11.3 Å². The summed E-state index contributed by atoms with van der Waals surface area (Å²) in [5.74, 6) is -0.335. The van der Waals surface area contributed by atoms with Gasteiger partial charge >= 0.3 is 5.97 Å². The van der Waals surface area contributed by atoms with Crippen molar-refractivity contribution in [2.75, 3.05) is 14.2 Å². The Hall–Kier alpha value is -0.830. The van der Waals surface area contributed by atoms with Crippen molar-refractivity contribution in [2.24, 2.45) is 0 Å². The topological polar surface area (TPSA) is 35.5 Å². The van der Waals surface area contributed by atoms with E-state index in [-0.39, 0.29) is 12.1 Å². The summed E-state index contributed by atoms with van der Waals surface area (Å²) >= 11 is 0. The third-order valence-corrected chi connectivity index (χ3v) is 1.73. The van der Waals surface area contributed by atoms with Gasteiger partial charge in [0.25, 0.3) is 0 Å². The second-order valence-corrected chi connectivity index (χ2v) is 2.68. The van der Waals surface area contributed by atoms with Gasteiger partial charge in [0.05, 0.1) is 13.2 Å². The van der Waals surface area contributed by atoms with Crippen LogP contribution in [-0.4, -0.2) is 26.3 Å². The minimum absolute atomic E-state index is 0.159. The summed E-state index contributed by atoms with van der Waals surface area (Å²) in [5, 5.41) is 0. The van der Waals surface area contributed by atoms with E-state index >= 15 is 0 Å². The molecule has 0 aliphatic carbocycles. The van der Waals surface area contributed by atoms with Gasteiger partial charge in [-0.15, -0.1) is 0 Å². The normalized spacial score (nSPS) is 12.2. The largest absolute Gasteiger partial charge is 0.466 e. The van der Waals surface area contributed by atoms with Crippen LogP contribution in [0.1, 0.15) is 19.8 Å². The molecule has 0 aliphatic heterocycles. The molecule has 0 amide bonds. The minimum Gasteiger partial charge on any atom is -0.466 e. The van der Waals surface area contributed by atoms with Crippen LogP contribution in [0.4, 0.5) is 0 Å². The van der Waals surface area contributed by atoms with E-state index in [4.69, 9.17) is 4.74 Å². The fraction of sp³-hybridized carbons (Fsp3) is 0.667. The van der Waals surface area contributed by atoms with E-state index in [0.29, 0.717) is 12.0 Å². The maximum absolute atomic E-state index is 10.9. The van der Waals surface area contributed by atoms with E-state index in [0.717, 1.165) is 6.42 Å². The molecule has 70 valence electrons. The lowest BCUT2D eigenvalue weighted by Crippen LogP contribution is -2.09. The summed E-state index contributed by atoms with van der Waals surface area (Å²) in [4.78, 5) is 10.9. The molecule has 0 fully saturated rings. The van der Waals surface area contributed by atoms with Crippen LogP contribution in [0.3, 0.4) is 0 Å². The smallest absolute Gasteiger partial charge is 0.333 e. The van der Waals surface area contributed by atoms with E-state index in [1.807, 2.05) is 6.92 Å². The van der Waals surface area contributed by atoms with Gasteiger partial charge in [-0.05, 0) is 19.8 Å². The Morgan fingerprint density at radius 2 is 2.08 bits per heavy atom. The number of hydrogen-bond donors (Lipinski definition) is 0. The zero-order valence-electron chi connectivity index (χ0n) is 7.92. The summed E-state index contributed by atoms with van der Waals surface area (Å²) in [6.07, 6.45) is 1.58. The monoisotopic (exact) mass is 172 g/mol. The van der Waals surface area contributed by atoms with Gasteiger partial charge in [0.2, 0.25) is 0 Å². The van der Waals surface area contributed by atoms with Gasteiger partial charge in [-0.3, -0.25) is 0 Å². The Morgan fingerprint density at radius 3 is 2.50 bits per heavy atom. The Kier molecular flexibility index (Phi) is 5.37. The predicted molar refractivity (Wildman–Crippen MR) is 46.9 cm³/mol. The first-order valence-corrected chi connectivity index (χ1v) is 3.90. The van der Waals surface area contributed by atoms with Crippen molar-refractivity contribution in [3.8, 4) is 0 Å². The summed E-state index contributed by atoms with van der Waals surface area (Å²) in [7, 11) is 3.00. The minimum atomic E-state index is -0.335. The molecule has 3 heteroatoms. The second kappa shape index (κ2) is 5.77. The number of hydrogen-bond acceptors (Lipinski definition) is 3. The molecule has 12 heavy (non-hydrogen) atoms. The van der Waals surface area contributed by atoms with Crippen LogP contribution < -0.4 is 0 Å². The lowest BCUT2D eigenvalue weighted by Gasteiger charge is -2.08. The molecule has 0 spiro atoms. The third-order valence-electron chi connectivity index (χ3n) is 1.73. The van der Waals surface area contributed by atoms with E-state index in [1.165, 1.54) is 7.11 Å². The first-order chi connectivity index (χ1) is 5.61. The molecule has 0 aromatic rings. The standard InChI is InChI=1S/C9H16O3/c1-7(9(10)12-4)5-6-8(2)11-3/h8H,1,5-6H2,2-4H3. The molecule has 0 saturated carbocycles. The van der Waals surface area contributed by atoms with Crippen LogP contribution >= 0.6 is 0 Å². The quantitative estimate of drug-likeness (QED) is 0.466. The highest BCUT2D eigenvalue weighted by molar-refractivity contribution is 5.87. The van der Waals surface area contributed by atoms with Crippen LogP contribution in [0.5, 0.6) is 0 Å². The molecule has 0 radical (unpaired) electrons. The molecule has 0 rings (SSSR count). The Labute approximate surface area is 73.4 Å². The van der Waals surface area contributed by atoms with Gasteiger partial charge in [0, 0.05) is 12.7 Å². The van der Waals surface area contributed by atoms with Gasteiger partial charge in [-0.1, -0.05) is 6.58 Å². The lowest BCUT2D eigenvalue weighted by molar-refractivity contribution is -0.136. The zero-order chi connectivity index (χ0) is 9.56. The van der Waals surface area contributed by atoms with Gasteiger partial charge < -0.3 is 9.47 Å². The fourth-order valence-corrected chi connectivity index (χ4v) is 0.742. The number of methoxy groups -OCH3 is 2. The van der Waals surface area contributed by atoms with Crippen molar-refractivity contribution in [1.29, 1.82) is 0 Å². The number of rotatable bonds is 5. The molecule has 0 saturated heterocycles. The summed E-state index contributed by atoms with van der Waals surface area (Å²) < 4.78 is 9.52. The van der Waals surface area contributed by atoms with E-state index < -0.39 is 0 Å². The van der Waals surface area contributed by atoms with Crippen molar-refractivity contribution in [3.63, 3.8) is 0 Å². The fourth-order valence-electron chi connectivity index (χ4n) is 0.742. The van der Waals surface area contributed by atoms with Crippen LogP contribution in [-0.2, 0) is 14.3 Å². The predicted octanol–water partition coefficient (Wildman–Crippen LogP) is 1.53. The molecule has 0 N–H and O–H groups in total. The van der Waals surface area contributed by atoms with Crippen LogP contribution in [0.25, 0.3) is 0 Å². The maximum atomic E-state index is 10.9. The Morgan fingerprint density at radius 1 is 1.50 bits per heavy atom. The SMILES string of the molecule is C=C(CCC(C)OC)C(=O)OC. The second-order valence-electron chi connectivity index (χ2n) is 2.68. The zero-order valence-corrected chi connectivity index (χ0v) is 7.92. The van der Waals surface area contributed by atoms with Crippen LogP contribution in [0.15, 0.2) is 12.2 Å².